The molecule has 1 aliphatic carbocycles. The Morgan fingerprint density at radius 2 is 0.906 bits per heavy atom. The van der Waals surface area contributed by atoms with E-state index in [9.17, 15) is 9.59 Å². The van der Waals surface area contributed by atoms with Gasteiger partial charge in [-0.2, -0.15) is 0 Å². The summed E-state index contributed by atoms with van der Waals surface area (Å²) in [4.78, 5) is 26.9. The van der Waals surface area contributed by atoms with Gasteiger partial charge in [0.15, 0.2) is 11.6 Å². The maximum absolute atomic E-state index is 13.4. The first-order chi connectivity index (χ1) is 15.0. The molecule has 0 aromatic heterocycles. The fourth-order valence-electron chi connectivity index (χ4n) is 4.63. The van der Waals surface area contributed by atoms with Crippen molar-refractivity contribution in [2.24, 2.45) is 5.92 Å². The van der Waals surface area contributed by atoms with Crippen LogP contribution >= 0.6 is 0 Å². The molecule has 0 heterocycles. The fourth-order valence-corrected chi connectivity index (χ4v) is 4.63. The smallest absolute Gasteiger partial charge is 0.175 e. The summed E-state index contributed by atoms with van der Waals surface area (Å²) in [6, 6.07) is 24.1. The third-order valence-corrected chi connectivity index (χ3v) is 6.63. The Balaban J connectivity index is 1.83. The number of rotatable bonds is 3. The van der Waals surface area contributed by atoms with Crippen LogP contribution in [0.15, 0.2) is 72.8 Å². The van der Waals surface area contributed by atoms with Crippen LogP contribution < -0.4 is 0 Å². The minimum atomic E-state index is -0.728. The number of carbonyl (C=O) groups excluding carboxylic acids is 2. The third kappa shape index (κ3) is 3.95. The van der Waals surface area contributed by atoms with Crippen molar-refractivity contribution in [2.75, 3.05) is 0 Å². The Kier molecular flexibility index (Phi) is 5.45. The van der Waals surface area contributed by atoms with E-state index in [0.29, 0.717) is 11.1 Å². The van der Waals surface area contributed by atoms with E-state index in [2.05, 4.69) is 90.1 Å². The predicted molar refractivity (Wildman–Crippen MR) is 131 cm³/mol. The second-order valence-electron chi connectivity index (χ2n) is 11.0. The molecule has 0 saturated carbocycles. The summed E-state index contributed by atoms with van der Waals surface area (Å²) >= 11 is 0. The minimum absolute atomic E-state index is 0.0393. The summed E-state index contributed by atoms with van der Waals surface area (Å²) in [6.45, 7) is 13.1. The van der Waals surface area contributed by atoms with Gasteiger partial charge in [0.05, 0.1) is 5.92 Å². The highest BCUT2D eigenvalue weighted by Crippen LogP contribution is 2.41. The van der Waals surface area contributed by atoms with Gasteiger partial charge in [-0.15, -0.1) is 0 Å². The molecule has 0 aliphatic heterocycles. The Morgan fingerprint density at radius 1 is 0.562 bits per heavy atom. The van der Waals surface area contributed by atoms with E-state index < -0.39 is 5.92 Å². The molecule has 32 heavy (non-hydrogen) atoms. The average Bonchev–Trinajstić information content (AvgIpc) is 2.99. The lowest BCUT2D eigenvalue weighted by Gasteiger charge is -2.26. The van der Waals surface area contributed by atoms with Gasteiger partial charge in [-0.25, -0.2) is 0 Å². The predicted octanol–water partition coefficient (Wildman–Crippen LogP) is 7.11. The van der Waals surface area contributed by atoms with Gasteiger partial charge in [0, 0.05) is 17.0 Å². The van der Waals surface area contributed by atoms with E-state index in [-0.39, 0.29) is 28.3 Å². The van der Waals surface area contributed by atoms with E-state index in [1.165, 1.54) is 11.1 Å². The highest BCUT2D eigenvalue weighted by molar-refractivity contribution is 6.27. The summed E-state index contributed by atoms with van der Waals surface area (Å²) in [5, 5.41) is 0. The monoisotopic (exact) mass is 424 g/mol. The second kappa shape index (κ2) is 7.85. The molecule has 3 aromatic rings. The van der Waals surface area contributed by atoms with Crippen LogP contribution in [0.4, 0.5) is 0 Å². The minimum Gasteiger partial charge on any atom is -0.293 e. The van der Waals surface area contributed by atoms with Crippen LogP contribution in [-0.4, -0.2) is 11.6 Å². The molecule has 0 unspecified atom stereocenters. The summed E-state index contributed by atoms with van der Waals surface area (Å²) < 4.78 is 0. The number of hydrogen-bond acceptors (Lipinski definition) is 2. The Hall–Kier alpha value is -3.00. The van der Waals surface area contributed by atoms with Crippen molar-refractivity contribution in [3.8, 4) is 0 Å². The zero-order chi connectivity index (χ0) is 23.3. The van der Waals surface area contributed by atoms with Gasteiger partial charge in [-0.1, -0.05) is 114 Å². The lowest BCUT2D eigenvalue weighted by molar-refractivity contribution is 0.0825. The van der Waals surface area contributed by atoms with Crippen molar-refractivity contribution in [3.63, 3.8) is 0 Å². The van der Waals surface area contributed by atoms with Crippen molar-refractivity contribution < 1.29 is 9.59 Å². The summed E-state index contributed by atoms with van der Waals surface area (Å²) in [6.07, 6.45) is 0. The second-order valence-corrected chi connectivity index (χ2v) is 11.0. The first kappa shape index (κ1) is 22.2. The molecule has 0 bridgehead atoms. The molecule has 3 aromatic carbocycles. The van der Waals surface area contributed by atoms with Crippen LogP contribution in [0.1, 0.15) is 90.4 Å². The first-order valence-electron chi connectivity index (χ1n) is 11.4. The standard InChI is InChI=1S/C30H32O2/c1-29(2,3)21-15-11-19(12-16-21)25(20-13-17-22(18-14-20)30(4,5)6)26-27(31)23-9-7-8-10-24(23)28(26)32/h7-18,25-26H,1-6H3. The quantitative estimate of drug-likeness (QED) is 0.420. The van der Waals surface area contributed by atoms with Crippen LogP contribution in [0, 0.1) is 5.92 Å². The molecule has 0 saturated heterocycles. The molecule has 4 rings (SSSR count). The van der Waals surface area contributed by atoms with Crippen LogP contribution in [-0.2, 0) is 10.8 Å². The molecule has 0 N–H and O–H groups in total. The van der Waals surface area contributed by atoms with Gasteiger partial charge in [-0.3, -0.25) is 9.59 Å². The van der Waals surface area contributed by atoms with E-state index in [4.69, 9.17) is 0 Å². The lowest BCUT2D eigenvalue weighted by Crippen LogP contribution is -2.25. The van der Waals surface area contributed by atoms with Gasteiger partial charge >= 0.3 is 0 Å². The Bertz CT molecular complexity index is 1060. The molecule has 2 heteroatoms. The van der Waals surface area contributed by atoms with Crippen molar-refractivity contribution >= 4 is 11.6 Å². The number of benzene rings is 3. The molecular weight excluding hydrogens is 392 g/mol. The number of fused-ring (bicyclic) bond motifs is 1. The lowest BCUT2D eigenvalue weighted by atomic mass is 9.76. The maximum Gasteiger partial charge on any atom is 0.175 e. The molecule has 2 nitrogen and oxygen atoms in total. The van der Waals surface area contributed by atoms with E-state index in [1.807, 2.05) is 12.1 Å². The normalized spacial score (nSPS) is 14.8. The summed E-state index contributed by atoms with van der Waals surface area (Å²) in [5.74, 6) is -1.19. The number of ketones is 2. The maximum atomic E-state index is 13.4. The molecule has 0 fully saturated rings. The van der Waals surface area contributed by atoms with Gasteiger partial charge in [-0.05, 0) is 33.1 Å². The van der Waals surface area contributed by atoms with Crippen molar-refractivity contribution in [2.45, 2.75) is 58.3 Å². The largest absolute Gasteiger partial charge is 0.293 e. The number of carbonyl (C=O) groups is 2. The topological polar surface area (TPSA) is 34.1 Å². The molecule has 0 spiro atoms. The fraction of sp³-hybridized carbons (Fsp3) is 0.333. The van der Waals surface area contributed by atoms with E-state index in [0.717, 1.165) is 11.1 Å². The molecule has 0 atom stereocenters. The molecular formula is C30H32O2. The van der Waals surface area contributed by atoms with Crippen LogP contribution in [0.3, 0.4) is 0 Å². The van der Waals surface area contributed by atoms with Crippen LogP contribution in [0.2, 0.25) is 0 Å². The van der Waals surface area contributed by atoms with Gasteiger partial charge in [0.2, 0.25) is 0 Å². The molecule has 0 amide bonds. The van der Waals surface area contributed by atoms with Gasteiger partial charge in [0.1, 0.15) is 0 Å². The third-order valence-electron chi connectivity index (χ3n) is 6.63. The summed E-state index contributed by atoms with van der Waals surface area (Å²) in [5.41, 5.74) is 5.64. The van der Waals surface area contributed by atoms with Crippen molar-refractivity contribution in [3.05, 3.63) is 106 Å². The number of Topliss-reactive ketones (excluding diaryl/α,β-unsaturated/α-hetero) is 2. The molecule has 0 radical (unpaired) electrons. The van der Waals surface area contributed by atoms with Crippen LogP contribution in [0.5, 0.6) is 0 Å². The van der Waals surface area contributed by atoms with Gasteiger partial charge in [0.25, 0.3) is 0 Å². The van der Waals surface area contributed by atoms with Crippen LogP contribution in [0.25, 0.3) is 0 Å². The zero-order valence-electron chi connectivity index (χ0n) is 19.9. The van der Waals surface area contributed by atoms with E-state index in [1.54, 1.807) is 12.1 Å². The molecule has 1 aliphatic rings. The first-order valence-corrected chi connectivity index (χ1v) is 11.4. The Labute approximate surface area is 191 Å². The molecule has 164 valence electrons. The number of hydrogen-bond donors (Lipinski definition) is 0. The highest BCUT2D eigenvalue weighted by atomic mass is 16.2. The van der Waals surface area contributed by atoms with Crippen molar-refractivity contribution in [1.82, 2.24) is 0 Å². The van der Waals surface area contributed by atoms with E-state index >= 15 is 0 Å². The zero-order valence-corrected chi connectivity index (χ0v) is 19.9. The van der Waals surface area contributed by atoms with Gasteiger partial charge < -0.3 is 0 Å². The van der Waals surface area contributed by atoms with Crippen molar-refractivity contribution in [1.29, 1.82) is 0 Å². The summed E-state index contributed by atoms with van der Waals surface area (Å²) in [7, 11) is 0. The Morgan fingerprint density at radius 3 is 1.22 bits per heavy atom. The SMILES string of the molecule is CC(C)(C)c1ccc(C(c2ccc(C(C)(C)C)cc2)C2C(=O)c3ccccc3C2=O)cc1. The highest BCUT2D eigenvalue weighted by Gasteiger charge is 2.44. The average molecular weight is 425 g/mol.